The normalized spacial score (nSPS) is 11.7. The molecule has 0 bridgehead atoms. The zero-order valence-electron chi connectivity index (χ0n) is 17.9. The van der Waals surface area contributed by atoms with Crippen molar-refractivity contribution in [1.29, 1.82) is 0 Å². The minimum absolute atomic E-state index is 0.166. The van der Waals surface area contributed by atoms with Crippen LogP contribution in [0.4, 0.5) is 0 Å². The molecule has 0 spiro atoms. The summed E-state index contributed by atoms with van der Waals surface area (Å²) in [7, 11) is 0. The van der Waals surface area contributed by atoms with Crippen LogP contribution in [0.5, 0.6) is 0 Å². The first-order chi connectivity index (χ1) is 15.5. The number of nitrogens with zero attached hydrogens (tertiary/aromatic N) is 3. The molecule has 162 valence electrons. The van der Waals surface area contributed by atoms with Gasteiger partial charge in [-0.15, -0.1) is 0 Å². The third-order valence-corrected chi connectivity index (χ3v) is 6.53. The van der Waals surface area contributed by atoms with Gasteiger partial charge in [-0.1, -0.05) is 81.8 Å². The van der Waals surface area contributed by atoms with Crippen LogP contribution >= 0.6 is 27.7 Å². The van der Waals surface area contributed by atoms with Gasteiger partial charge in [0.25, 0.3) is 5.91 Å². The fourth-order valence-electron chi connectivity index (χ4n) is 3.26. The fourth-order valence-corrected chi connectivity index (χ4v) is 4.33. The first-order valence-electron chi connectivity index (χ1n) is 10.2. The molecule has 1 aromatic heterocycles. The highest BCUT2D eigenvalue weighted by atomic mass is 79.9. The molecule has 5 nitrogen and oxygen atoms in total. The monoisotopic (exact) mass is 506 g/mol. The Balaban J connectivity index is 1.46. The molecule has 0 aliphatic carbocycles. The highest BCUT2D eigenvalue weighted by molar-refractivity contribution is 9.10. The average molecular weight is 507 g/mol. The number of halogens is 1. The number of aromatic nitrogens is 2. The maximum atomic E-state index is 12.4. The number of thioether (sulfide) groups is 1. The van der Waals surface area contributed by atoms with E-state index in [0.29, 0.717) is 6.54 Å². The predicted molar refractivity (Wildman–Crippen MR) is 135 cm³/mol. The van der Waals surface area contributed by atoms with E-state index >= 15 is 0 Å². The van der Waals surface area contributed by atoms with Crippen LogP contribution in [0.3, 0.4) is 0 Å². The van der Waals surface area contributed by atoms with Crippen LogP contribution < -0.4 is 5.43 Å². The number of amides is 1. The lowest BCUT2D eigenvalue weighted by Crippen LogP contribution is -2.21. The molecule has 1 heterocycles. The molecule has 0 atom stereocenters. The lowest BCUT2D eigenvalue weighted by Gasteiger charge is -2.09. The molecule has 1 amide bonds. The van der Waals surface area contributed by atoms with Gasteiger partial charge in [0.05, 0.1) is 29.0 Å². The molecule has 0 fully saturated rings. The molecule has 3 aromatic carbocycles. The summed E-state index contributed by atoms with van der Waals surface area (Å²) in [4.78, 5) is 17.2. The Morgan fingerprint density at radius 3 is 2.53 bits per heavy atom. The molecule has 32 heavy (non-hydrogen) atoms. The summed E-state index contributed by atoms with van der Waals surface area (Å²) in [6.07, 6.45) is 0. The van der Waals surface area contributed by atoms with Crippen LogP contribution in [0.15, 0.2) is 87.5 Å². The van der Waals surface area contributed by atoms with Gasteiger partial charge in [0.2, 0.25) is 0 Å². The van der Waals surface area contributed by atoms with E-state index in [1.165, 1.54) is 22.9 Å². The number of benzene rings is 3. The molecular formula is C25H23BrN4OS. The minimum Gasteiger partial charge on any atom is -0.314 e. The van der Waals surface area contributed by atoms with Crippen molar-refractivity contribution in [2.24, 2.45) is 5.10 Å². The molecule has 1 N–H and O–H groups in total. The Labute approximate surface area is 200 Å². The Bertz CT molecular complexity index is 1260. The topological polar surface area (TPSA) is 59.3 Å². The molecule has 0 aliphatic heterocycles. The molecule has 0 radical (unpaired) electrons. The summed E-state index contributed by atoms with van der Waals surface area (Å²) < 4.78 is 3.16. The summed E-state index contributed by atoms with van der Waals surface area (Å²) in [6.45, 7) is 4.65. The van der Waals surface area contributed by atoms with Gasteiger partial charge in [0, 0.05) is 4.47 Å². The van der Waals surface area contributed by atoms with Gasteiger partial charge in [-0.25, -0.2) is 10.4 Å². The number of hydrogen-bond acceptors (Lipinski definition) is 4. The van der Waals surface area contributed by atoms with Crippen LogP contribution in [0.1, 0.15) is 23.6 Å². The fraction of sp³-hybridized carbons (Fsp3) is 0.160. The third kappa shape index (κ3) is 5.47. The Morgan fingerprint density at radius 2 is 1.78 bits per heavy atom. The van der Waals surface area contributed by atoms with Gasteiger partial charge in [-0.3, -0.25) is 4.79 Å². The standard InChI is InChI=1S/C25H23BrN4OS/c1-17-7-9-19(10-8-17)15-30-23-6-4-3-5-22(23)27-25(30)32-16-24(31)29-28-18(2)20-11-13-21(26)14-12-20/h3-14H,15-16H2,1-2H3,(H,29,31)/b28-18-. The zero-order valence-corrected chi connectivity index (χ0v) is 20.3. The first-order valence-corrected chi connectivity index (χ1v) is 12.0. The molecule has 0 aliphatic rings. The molecule has 0 unspecified atom stereocenters. The first kappa shape index (κ1) is 22.3. The van der Waals surface area contributed by atoms with Crippen molar-refractivity contribution in [2.45, 2.75) is 25.5 Å². The third-order valence-electron chi connectivity index (χ3n) is 5.02. The minimum atomic E-state index is -0.166. The Morgan fingerprint density at radius 1 is 1.06 bits per heavy atom. The lowest BCUT2D eigenvalue weighted by molar-refractivity contribution is -0.118. The molecule has 0 saturated carbocycles. The van der Waals surface area contributed by atoms with E-state index in [-0.39, 0.29) is 11.7 Å². The molecular weight excluding hydrogens is 484 g/mol. The van der Waals surface area contributed by atoms with E-state index in [1.54, 1.807) is 0 Å². The van der Waals surface area contributed by atoms with Crippen LogP contribution in [0, 0.1) is 6.92 Å². The number of para-hydroxylation sites is 2. The van der Waals surface area contributed by atoms with Gasteiger partial charge < -0.3 is 4.57 Å². The summed E-state index contributed by atoms with van der Waals surface area (Å²) in [5.74, 6) is 0.0642. The van der Waals surface area contributed by atoms with E-state index in [1.807, 2.05) is 49.4 Å². The summed E-state index contributed by atoms with van der Waals surface area (Å²) in [6, 6.07) is 24.3. The van der Waals surface area contributed by atoms with Crippen LogP contribution in [0.25, 0.3) is 11.0 Å². The van der Waals surface area contributed by atoms with Gasteiger partial charge in [-0.05, 0) is 49.2 Å². The van der Waals surface area contributed by atoms with Crippen molar-refractivity contribution in [3.05, 3.63) is 94.0 Å². The van der Waals surface area contributed by atoms with E-state index in [9.17, 15) is 4.79 Å². The number of rotatable bonds is 7. The smallest absolute Gasteiger partial charge is 0.250 e. The summed E-state index contributed by atoms with van der Waals surface area (Å²) in [5.41, 5.74) is 8.77. The van der Waals surface area contributed by atoms with Crippen molar-refractivity contribution in [3.63, 3.8) is 0 Å². The van der Waals surface area contributed by atoms with E-state index in [0.717, 1.165) is 31.9 Å². The summed E-state index contributed by atoms with van der Waals surface area (Å²) in [5, 5.41) is 5.05. The maximum absolute atomic E-state index is 12.4. The van der Waals surface area contributed by atoms with Crippen molar-refractivity contribution in [1.82, 2.24) is 15.0 Å². The molecule has 4 aromatic rings. The average Bonchev–Trinajstić information content (AvgIpc) is 3.15. The van der Waals surface area contributed by atoms with E-state index in [4.69, 9.17) is 4.98 Å². The number of nitrogens with one attached hydrogen (secondary N) is 1. The largest absolute Gasteiger partial charge is 0.314 e. The number of imidazole rings is 1. The predicted octanol–water partition coefficient (Wildman–Crippen LogP) is 5.79. The zero-order chi connectivity index (χ0) is 22.5. The van der Waals surface area contributed by atoms with Crippen LogP contribution in [-0.4, -0.2) is 26.9 Å². The molecule has 7 heteroatoms. The number of aryl methyl sites for hydroxylation is 1. The highest BCUT2D eigenvalue weighted by Crippen LogP contribution is 2.25. The second-order valence-electron chi connectivity index (χ2n) is 7.48. The number of fused-ring (bicyclic) bond motifs is 1. The maximum Gasteiger partial charge on any atom is 0.250 e. The highest BCUT2D eigenvalue weighted by Gasteiger charge is 2.13. The molecule has 0 saturated heterocycles. The van der Waals surface area contributed by atoms with Crippen molar-refractivity contribution >= 4 is 50.3 Å². The quantitative estimate of drug-likeness (QED) is 0.196. The van der Waals surface area contributed by atoms with E-state index < -0.39 is 0 Å². The van der Waals surface area contributed by atoms with Crippen molar-refractivity contribution in [3.8, 4) is 0 Å². The number of hydrazone groups is 1. The summed E-state index contributed by atoms with van der Waals surface area (Å²) >= 11 is 4.84. The second kappa shape index (κ2) is 10.1. The van der Waals surface area contributed by atoms with Crippen LogP contribution in [-0.2, 0) is 11.3 Å². The number of carbonyl (C=O) groups excluding carboxylic acids is 1. The SMILES string of the molecule is C/C(=N/NC(=O)CSc1nc2ccccc2n1Cc1ccc(C)cc1)c1ccc(Br)cc1. The Kier molecular flexibility index (Phi) is 7.07. The van der Waals surface area contributed by atoms with Crippen LogP contribution in [0.2, 0.25) is 0 Å². The van der Waals surface area contributed by atoms with Gasteiger partial charge >= 0.3 is 0 Å². The lowest BCUT2D eigenvalue weighted by atomic mass is 10.1. The van der Waals surface area contributed by atoms with Crippen molar-refractivity contribution < 1.29 is 4.79 Å². The second-order valence-corrected chi connectivity index (χ2v) is 9.34. The number of carbonyl (C=O) groups is 1. The Hall–Kier alpha value is -2.90. The molecule has 4 rings (SSSR count). The van der Waals surface area contributed by atoms with E-state index in [2.05, 4.69) is 68.3 Å². The van der Waals surface area contributed by atoms with Crippen molar-refractivity contribution in [2.75, 3.05) is 5.75 Å². The van der Waals surface area contributed by atoms with Gasteiger partial charge in [0.15, 0.2) is 5.16 Å². The van der Waals surface area contributed by atoms with Gasteiger partial charge in [0.1, 0.15) is 0 Å². The number of hydrogen-bond donors (Lipinski definition) is 1. The van der Waals surface area contributed by atoms with Gasteiger partial charge in [-0.2, -0.15) is 5.10 Å².